The first-order chi connectivity index (χ1) is 11.1. The van der Waals surface area contributed by atoms with Gasteiger partial charge in [-0.15, -0.1) is 0 Å². The smallest absolute Gasteiger partial charge is 0.0694 e. The molecular weight excluding hydrogens is 322 g/mol. The van der Waals surface area contributed by atoms with Crippen LogP contribution in [-0.4, -0.2) is 48.0 Å². The average Bonchev–Trinajstić information content (AvgIpc) is 2.45. The second kappa shape index (κ2) is 7.26. The summed E-state index contributed by atoms with van der Waals surface area (Å²) in [5.74, 6) is 0. The molecule has 1 aliphatic rings. The molecule has 0 radical (unpaired) electrons. The maximum absolute atomic E-state index is 10.1. The van der Waals surface area contributed by atoms with Crippen LogP contribution in [0.4, 0.5) is 0 Å². The van der Waals surface area contributed by atoms with Crippen molar-refractivity contribution in [3.63, 3.8) is 0 Å². The number of aliphatic hydroxyl groups is 1. The van der Waals surface area contributed by atoms with Crippen molar-refractivity contribution in [1.82, 2.24) is 4.90 Å². The summed E-state index contributed by atoms with van der Waals surface area (Å²) in [6, 6.07) is 6.06. The third-order valence-electron chi connectivity index (χ3n) is 4.55. The summed E-state index contributed by atoms with van der Waals surface area (Å²) in [5, 5.41) is 10.7. The molecule has 0 aliphatic carbocycles. The summed E-state index contributed by atoms with van der Waals surface area (Å²) >= 11 is 6.31. The van der Waals surface area contributed by atoms with E-state index in [0.29, 0.717) is 11.4 Å². The van der Waals surface area contributed by atoms with Crippen molar-refractivity contribution in [2.75, 3.05) is 20.6 Å². The normalized spacial score (nSPS) is 20.6. The van der Waals surface area contributed by atoms with Crippen LogP contribution in [0.1, 0.15) is 38.3 Å². The Labute approximate surface area is 150 Å². The van der Waals surface area contributed by atoms with Gasteiger partial charge >= 0.3 is 0 Å². The molecule has 1 atom stereocenters. The van der Waals surface area contributed by atoms with E-state index in [-0.39, 0.29) is 6.04 Å². The van der Waals surface area contributed by atoms with Crippen molar-refractivity contribution >= 4 is 17.3 Å². The van der Waals surface area contributed by atoms with Gasteiger partial charge in [-0.05, 0) is 63.6 Å². The molecule has 0 spiro atoms. The third-order valence-corrected chi connectivity index (χ3v) is 4.77. The lowest BCUT2D eigenvalue weighted by molar-refractivity contribution is 0.0810. The Balaban J connectivity index is 2.45. The molecule has 0 saturated heterocycles. The summed E-state index contributed by atoms with van der Waals surface area (Å²) in [6.07, 6.45) is 1.40. The lowest BCUT2D eigenvalue weighted by Crippen LogP contribution is -2.40. The van der Waals surface area contributed by atoms with E-state index in [9.17, 15) is 5.11 Å². The molecule has 0 saturated carbocycles. The fourth-order valence-electron chi connectivity index (χ4n) is 3.20. The first kappa shape index (κ1) is 19.0. The van der Waals surface area contributed by atoms with Crippen molar-refractivity contribution in [2.24, 2.45) is 10.7 Å². The Bertz CT molecular complexity index is 674. The van der Waals surface area contributed by atoms with Crippen LogP contribution < -0.4 is 5.73 Å². The van der Waals surface area contributed by atoms with Gasteiger partial charge in [0.2, 0.25) is 0 Å². The Morgan fingerprint density at radius 3 is 2.67 bits per heavy atom. The molecule has 0 amide bonds. The summed E-state index contributed by atoms with van der Waals surface area (Å²) in [5.41, 5.74) is 10.4. The molecule has 1 aliphatic heterocycles. The molecule has 0 fully saturated rings. The van der Waals surface area contributed by atoms with Crippen molar-refractivity contribution in [3.8, 4) is 0 Å². The lowest BCUT2D eigenvalue weighted by Gasteiger charge is -2.33. The minimum Gasteiger partial charge on any atom is -0.400 e. The highest BCUT2D eigenvalue weighted by molar-refractivity contribution is 6.31. The van der Waals surface area contributed by atoms with Crippen LogP contribution in [0.2, 0.25) is 5.02 Å². The molecule has 1 heterocycles. The van der Waals surface area contributed by atoms with E-state index in [1.807, 2.05) is 12.1 Å². The minimum atomic E-state index is -0.786. The maximum Gasteiger partial charge on any atom is 0.0694 e. The van der Waals surface area contributed by atoms with Crippen molar-refractivity contribution in [1.29, 1.82) is 0 Å². The second-order valence-electron chi connectivity index (χ2n) is 7.25. The summed E-state index contributed by atoms with van der Waals surface area (Å²) in [6.45, 7) is 6.65. The molecule has 1 aromatic carbocycles. The number of benzene rings is 1. The van der Waals surface area contributed by atoms with Crippen LogP contribution in [0.3, 0.4) is 0 Å². The number of aliphatic imine (C=N–C) groups is 1. The molecule has 24 heavy (non-hydrogen) atoms. The van der Waals surface area contributed by atoms with Gasteiger partial charge < -0.3 is 10.8 Å². The van der Waals surface area contributed by atoms with Crippen LogP contribution in [0.5, 0.6) is 0 Å². The number of likely N-dealkylation sites (N-methyl/N-ethyl adjacent to an activating group) is 1. The Morgan fingerprint density at radius 2 is 2.08 bits per heavy atom. The van der Waals surface area contributed by atoms with Gasteiger partial charge in [-0.3, -0.25) is 9.89 Å². The zero-order valence-corrected chi connectivity index (χ0v) is 16.0. The van der Waals surface area contributed by atoms with Crippen molar-refractivity contribution in [3.05, 3.63) is 45.6 Å². The summed E-state index contributed by atoms with van der Waals surface area (Å²) in [7, 11) is 3.87. The molecule has 4 nitrogen and oxygen atoms in total. The van der Waals surface area contributed by atoms with Crippen molar-refractivity contribution < 1.29 is 5.11 Å². The van der Waals surface area contributed by atoms with Gasteiger partial charge in [0.15, 0.2) is 0 Å². The molecule has 1 unspecified atom stereocenters. The molecular formula is C19H28ClN3O. The number of halogens is 1. The van der Waals surface area contributed by atoms with E-state index in [4.69, 9.17) is 17.3 Å². The van der Waals surface area contributed by atoms with Gasteiger partial charge in [-0.2, -0.15) is 0 Å². The highest BCUT2D eigenvalue weighted by atomic mass is 35.5. The predicted octanol–water partition coefficient (Wildman–Crippen LogP) is 3.01. The largest absolute Gasteiger partial charge is 0.400 e. The molecule has 2 rings (SSSR count). The highest BCUT2D eigenvalue weighted by Gasteiger charge is 2.25. The summed E-state index contributed by atoms with van der Waals surface area (Å²) < 4.78 is 0. The highest BCUT2D eigenvalue weighted by Crippen LogP contribution is 2.26. The second-order valence-corrected chi connectivity index (χ2v) is 7.69. The van der Waals surface area contributed by atoms with E-state index >= 15 is 0 Å². The molecule has 3 N–H and O–H groups in total. The van der Waals surface area contributed by atoms with Crippen LogP contribution in [0, 0.1) is 0 Å². The van der Waals surface area contributed by atoms with Crippen LogP contribution in [-0.2, 0) is 6.42 Å². The molecule has 0 bridgehead atoms. The van der Waals surface area contributed by atoms with E-state index in [0.717, 1.165) is 41.1 Å². The van der Waals surface area contributed by atoms with E-state index < -0.39 is 5.60 Å². The number of nitrogens with two attached hydrogens (primary N) is 1. The molecule has 0 aromatic heterocycles. The van der Waals surface area contributed by atoms with E-state index in [1.54, 1.807) is 20.9 Å². The minimum absolute atomic E-state index is 0.195. The zero-order valence-electron chi connectivity index (χ0n) is 15.2. The molecule has 1 aromatic rings. The number of nitrogens with zero attached hydrogens (tertiary/aromatic N) is 2. The third kappa shape index (κ3) is 4.38. The number of rotatable bonds is 4. The van der Waals surface area contributed by atoms with Gasteiger partial charge in [-0.25, -0.2) is 0 Å². The monoisotopic (exact) mass is 349 g/mol. The van der Waals surface area contributed by atoms with Crippen LogP contribution in [0.25, 0.3) is 0 Å². The fraction of sp³-hybridized carbons (Fsp3) is 0.526. The Morgan fingerprint density at radius 1 is 1.42 bits per heavy atom. The number of hydrogen-bond donors (Lipinski definition) is 2. The van der Waals surface area contributed by atoms with Crippen LogP contribution in [0.15, 0.2) is 34.5 Å². The number of hydrogen-bond acceptors (Lipinski definition) is 4. The van der Waals surface area contributed by atoms with Crippen LogP contribution >= 0.6 is 11.6 Å². The van der Waals surface area contributed by atoms with E-state index in [2.05, 4.69) is 29.9 Å². The zero-order chi connectivity index (χ0) is 18.1. The van der Waals surface area contributed by atoms with E-state index in [1.165, 1.54) is 0 Å². The topological polar surface area (TPSA) is 61.8 Å². The Hall–Kier alpha value is -1.36. The van der Waals surface area contributed by atoms with Gasteiger partial charge in [-0.1, -0.05) is 11.6 Å². The van der Waals surface area contributed by atoms with Gasteiger partial charge in [0.1, 0.15) is 0 Å². The van der Waals surface area contributed by atoms with Crippen molar-refractivity contribution in [2.45, 2.75) is 45.3 Å². The quantitative estimate of drug-likeness (QED) is 0.821. The SMILES string of the molecule is CN=C(C1=C(N)C(C)N(C)CC1)c1cc(Cl)cc(CC(C)(C)O)c1. The first-order valence-electron chi connectivity index (χ1n) is 8.30. The average molecular weight is 350 g/mol. The van der Waals surface area contributed by atoms with Gasteiger partial charge in [0, 0.05) is 42.3 Å². The maximum atomic E-state index is 10.1. The van der Waals surface area contributed by atoms with Gasteiger partial charge in [0.25, 0.3) is 0 Å². The molecule has 5 heteroatoms. The fourth-order valence-corrected chi connectivity index (χ4v) is 3.46. The first-order valence-corrected chi connectivity index (χ1v) is 8.68. The van der Waals surface area contributed by atoms with Gasteiger partial charge in [0.05, 0.1) is 11.3 Å². The summed E-state index contributed by atoms with van der Waals surface area (Å²) in [4.78, 5) is 6.75. The lowest BCUT2D eigenvalue weighted by atomic mass is 9.90. The standard InChI is InChI=1S/C19H28ClN3O/c1-12-17(21)16(6-7-23(12)5)18(22-4)14-8-13(9-15(20)10-14)11-19(2,3)24/h8-10,12,24H,6-7,11,21H2,1-5H3. The predicted molar refractivity (Wildman–Crippen MR) is 102 cm³/mol. The molecule has 132 valence electrons. The Kier molecular flexibility index (Phi) is 5.74.